The standard InChI is InChI=1S/C25H22N2O7/c1-14-9-10-16(12-20(14)27(32)33)21(28)13-34-25(31)17-6-4-7-18(11-17)26-23(29)19-8-3-5-15(2)22(19)24(26)30/h3-7,9-12,15,19,22H,8,13H2,1-2H3/t15-,19-,22+/m0/s1. The second-order valence-electron chi connectivity index (χ2n) is 8.48. The van der Waals surface area contributed by atoms with Crippen LogP contribution in [0.15, 0.2) is 54.6 Å². The van der Waals surface area contributed by atoms with Crippen LogP contribution in [0.4, 0.5) is 11.4 Å². The number of nitro groups is 1. The summed E-state index contributed by atoms with van der Waals surface area (Å²) in [6.07, 6.45) is 4.34. The fraction of sp³-hybridized carbons (Fsp3) is 0.280. The van der Waals surface area contributed by atoms with E-state index in [0.717, 1.165) is 11.0 Å². The lowest BCUT2D eigenvalue weighted by Crippen LogP contribution is -2.31. The van der Waals surface area contributed by atoms with Crippen molar-refractivity contribution in [1.29, 1.82) is 0 Å². The summed E-state index contributed by atoms with van der Waals surface area (Å²) in [6, 6.07) is 9.96. The molecule has 1 aliphatic heterocycles. The van der Waals surface area contributed by atoms with Gasteiger partial charge in [-0.1, -0.05) is 37.3 Å². The van der Waals surface area contributed by atoms with Crippen LogP contribution in [0.25, 0.3) is 0 Å². The number of Topliss-reactive ketones (excluding diaryl/α,β-unsaturated/α-hetero) is 1. The highest BCUT2D eigenvalue weighted by molar-refractivity contribution is 6.22. The summed E-state index contributed by atoms with van der Waals surface area (Å²) in [6.45, 7) is 2.84. The number of amides is 2. The Labute approximate surface area is 195 Å². The molecule has 4 rings (SSSR count). The SMILES string of the molecule is Cc1ccc(C(=O)COC(=O)c2cccc(N3C(=O)[C@H]4[C@H](CC=C[C@@H]4C)C3=O)c2)cc1[N+](=O)[O-]. The molecule has 0 radical (unpaired) electrons. The maximum atomic E-state index is 13.0. The van der Waals surface area contributed by atoms with Gasteiger partial charge in [0.2, 0.25) is 17.6 Å². The molecule has 1 saturated heterocycles. The van der Waals surface area contributed by atoms with Gasteiger partial charge in [0, 0.05) is 17.2 Å². The largest absolute Gasteiger partial charge is 0.454 e. The van der Waals surface area contributed by atoms with Crippen LogP contribution in [0.3, 0.4) is 0 Å². The predicted octanol–water partition coefficient (Wildman–Crippen LogP) is 3.64. The first kappa shape index (κ1) is 23.0. The Balaban J connectivity index is 1.47. The molecule has 0 aromatic heterocycles. The first-order valence-electron chi connectivity index (χ1n) is 10.8. The number of hydrogen-bond donors (Lipinski definition) is 0. The van der Waals surface area contributed by atoms with E-state index < -0.39 is 35.1 Å². The molecule has 1 heterocycles. The first-order valence-corrected chi connectivity index (χ1v) is 10.8. The minimum absolute atomic E-state index is 0.0532. The minimum atomic E-state index is -0.816. The lowest BCUT2D eigenvalue weighted by atomic mass is 9.78. The summed E-state index contributed by atoms with van der Waals surface area (Å²) in [5, 5.41) is 11.1. The highest BCUT2D eigenvalue weighted by Gasteiger charge is 2.50. The van der Waals surface area contributed by atoms with Crippen LogP contribution in [-0.2, 0) is 14.3 Å². The van der Waals surface area contributed by atoms with Crippen LogP contribution in [0.2, 0.25) is 0 Å². The molecular formula is C25H22N2O7. The molecule has 1 aliphatic carbocycles. The second kappa shape index (κ2) is 9.01. The Morgan fingerprint density at radius 1 is 1.12 bits per heavy atom. The molecule has 0 saturated carbocycles. The Bertz CT molecular complexity index is 1250. The van der Waals surface area contributed by atoms with E-state index in [1.165, 1.54) is 30.3 Å². The summed E-state index contributed by atoms with van der Waals surface area (Å²) in [7, 11) is 0. The lowest BCUT2D eigenvalue weighted by molar-refractivity contribution is -0.385. The average molecular weight is 462 g/mol. The molecule has 1 fully saturated rings. The van der Waals surface area contributed by atoms with Gasteiger partial charge in [-0.25, -0.2) is 4.79 Å². The van der Waals surface area contributed by atoms with Crippen molar-refractivity contribution in [2.75, 3.05) is 11.5 Å². The van der Waals surface area contributed by atoms with E-state index in [1.807, 2.05) is 19.1 Å². The number of benzene rings is 2. The number of carbonyl (C=O) groups is 4. The van der Waals surface area contributed by atoms with E-state index in [4.69, 9.17) is 4.74 Å². The van der Waals surface area contributed by atoms with Crippen molar-refractivity contribution in [1.82, 2.24) is 0 Å². The predicted molar refractivity (Wildman–Crippen MR) is 121 cm³/mol. The van der Waals surface area contributed by atoms with E-state index >= 15 is 0 Å². The van der Waals surface area contributed by atoms with Crippen LogP contribution >= 0.6 is 0 Å². The van der Waals surface area contributed by atoms with Gasteiger partial charge in [-0.3, -0.25) is 29.4 Å². The molecule has 2 aromatic carbocycles. The molecule has 9 heteroatoms. The van der Waals surface area contributed by atoms with Crippen LogP contribution in [-0.4, -0.2) is 35.1 Å². The summed E-state index contributed by atoms with van der Waals surface area (Å²) < 4.78 is 5.10. The number of nitro benzene ring substituents is 1. The van der Waals surface area contributed by atoms with E-state index in [2.05, 4.69) is 0 Å². The third-order valence-corrected chi connectivity index (χ3v) is 6.27. The van der Waals surface area contributed by atoms with Crippen molar-refractivity contribution in [2.24, 2.45) is 17.8 Å². The average Bonchev–Trinajstić information content (AvgIpc) is 3.08. The Morgan fingerprint density at radius 2 is 1.88 bits per heavy atom. The van der Waals surface area contributed by atoms with Crippen LogP contribution in [0.1, 0.15) is 39.6 Å². The van der Waals surface area contributed by atoms with Gasteiger partial charge in [0.1, 0.15) is 0 Å². The van der Waals surface area contributed by atoms with Gasteiger partial charge in [-0.05, 0) is 37.5 Å². The van der Waals surface area contributed by atoms with Crippen molar-refractivity contribution in [3.05, 3.63) is 81.4 Å². The van der Waals surface area contributed by atoms with E-state index in [9.17, 15) is 29.3 Å². The number of ketones is 1. The Morgan fingerprint density at radius 3 is 2.59 bits per heavy atom. The second-order valence-corrected chi connectivity index (χ2v) is 8.48. The molecule has 3 atom stereocenters. The van der Waals surface area contributed by atoms with Gasteiger partial charge >= 0.3 is 5.97 Å². The van der Waals surface area contributed by atoms with Crippen molar-refractivity contribution in [3.63, 3.8) is 0 Å². The highest BCUT2D eigenvalue weighted by Crippen LogP contribution is 2.40. The number of nitrogens with zero attached hydrogens (tertiary/aromatic N) is 2. The molecule has 2 amide bonds. The van der Waals surface area contributed by atoms with E-state index in [0.29, 0.717) is 12.0 Å². The number of rotatable bonds is 6. The fourth-order valence-corrected chi connectivity index (χ4v) is 4.45. The van der Waals surface area contributed by atoms with Crippen LogP contribution in [0.5, 0.6) is 0 Å². The number of anilines is 1. The zero-order chi connectivity index (χ0) is 24.6. The molecule has 2 aliphatic rings. The maximum Gasteiger partial charge on any atom is 0.338 e. The summed E-state index contributed by atoms with van der Waals surface area (Å²) in [5.41, 5.74) is 0.604. The monoisotopic (exact) mass is 462 g/mol. The molecule has 0 N–H and O–H groups in total. The van der Waals surface area contributed by atoms with E-state index in [-0.39, 0.29) is 40.2 Å². The van der Waals surface area contributed by atoms with Crippen molar-refractivity contribution < 1.29 is 28.8 Å². The first-order chi connectivity index (χ1) is 16.2. The number of hydrogen-bond acceptors (Lipinski definition) is 7. The number of ether oxygens (including phenoxy) is 1. The number of imide groups is 1. The normalized spacial score (nSPS) is 21.4. The third kappa shape index (κ3) is 4.12. The third-order valence-electron chi connectivity index (χ3n) is 6.27. The quantitative estimate of drug-likeness (QED) is 0.160. The lowest BCUT2D eigenvalue weighted by Gasteiger charge is -2.22. The zero-order valence-electron chi connectivity index (χ0n) is 18.6. The van der Waals surface area contributed by atoms with Crippen LogP contribution in [0, 0.1) is 34.8 Å². The maximum absolute atomic E-state index is 13.0. The smallest absolute Gasteiger partial charge is 0.338 e. The van der Waals surface area contributed by atoms with Gasteiger partial charge in [-0.15, -0.1) is 0 Å². The Kier molecular flexibility index (Phi) is 6.10. The minimum Gasteiger partial charge on any atom is -0.454 e. The van der Waals surface area contributed by atoms with E-state index in [1.54, 1.807) is 13.0 Å². The molecule has 2 aromatic rings. The van der Waals surface area contributed by atoms with Crippen molar-refractivity contribution in [2.45, 2.75) is 20.3 Å². The van der Waals surface area contributed by atoms with Gasteiger partial charge in [0.05, 0.1) is 28.0 Å². The molecular weight excluding hydrogens is 440 g/mol. The van der Waals surface area contributed by atoms with Gasteiger partial charge < -0.3 is 4.74 Å². The number of esters is 1. The molecule has 0 spiro atoms. The highest BCUT2D eigenvalue weighted by atomic mass is 16.6. The summed E-state index contributed by atoms with van der Waals surface area (Å²) in [5.74, 6) is -2.91. The molecule has 0 unspecified atom stereocenters. The number of aryl methyl sites for hydroxylation is 1. The fourth-order valence-electron chi connectivity index (χ4n) is 4.45. The zero-order valence-corrected chi connectivity index (χ0v) is 18.6. The van der Waals surface area contributed by atoms with Gasteiger partial charge in [-0.2, -0.15) is 0 Å². The van der Waals surface area contributed by atoms with Crippen molar-refractivity contribution in [3.8, 4) is 0 Å². The number of carbonyl (C=O) groups excluding carboxylic acids is 4. The van der Waals surface area contributed by atoms with Gasteiger partial charge in [0.15, 0.2) is 6.61 Å². The van der Waals surface area contributed by atoms with Gasteiger partial charge in [0.25, 0.3) is 5.69 Å². The Hall–Kier alpha value is -4.14. The van der Waals surface area contributed by atoms with Crippen molar-refractivity contribution >= 4 is 34.9 Å². The molecule has 34 heavy (non-hydrogen) atoms. The number of fused-ring (bicyclic) bond motifs is 1. The molecule has 0 bridgehead atoms. The molecule has 9 nitrogen and oxygen atoms in total. The number of allylic oxidation sites excluding steroid dienone is 2. The van der Waals surface area contributed by atoms with Crippen LogP contribution < -0.4 is 4.90 Å². The topological polar surface area (TPSA) is 124 Å². The summed E-state index contributed by atoms with van der Waals surface area (Å²) >= 11 is 0. The summed E-state index contributed by atoms with van der Waals surface area (Å²) in [4.78, 5) is 62.5. The molecule has 174 valence electrons.